The fraction of sp³-hybridized carbons (Fsp3) is 0.591. The summed E-state index contributed by atoms with van der Waals surface area (Å²) in [7, 11) is 0. The Kier molecular flexibility index (Phi) is 6.81. The Labute approximate surface area is 155 Å². The molecule has 1 aliphatic rings. The van der Waals surface area contributed by atoms with E-state index < -0.39 is 12.3 Å². The van der Waals surface area contributed by atoms with Gasteiger partial charge in [-0.3, -0.25) is 0 Å². The van der Waals surface area contributed by atoms with Crippen LogP contribution < -0.4 is 0 Å². The van der Waals surface area contributed by atoms with Gasteiger partial charge in [0, 0.05) is 12.5 Å². The summed E-state index contributed by atoms with van der Waals surface area (Å²) in [5.41, 5.74) is 1.08. The molecule has 0 aromatic heterocycles. The molecule has 0 spiro atoms. The van der Waals surface area contributed by atoms with E-state index in [1.165, 1.54) is 6.42 Å². The number of esters is 1. The molecule has 26 heavy (non-hydrogen) atoms. The molecule has 0 aliphatic heterocycles. The molecule has 2 nitrogen and oxygen atoms in total. The lowest BCUT2D eigenvalue weighted by Gasteiger charge is -2.36. The van der Waals surface area contributed by atoms with Crippen molar-refractivity contribution in [1.29, 1.82) is 0 Å². The first-order valence-corrected chi connectivity index (χ1v) is 9.33. The third kappa shape index (κ3) is 6.12. The highest BCUT2D eigenvalue weighted by Crippen LogP contribution is 2.35. The Balaban J connectivity index is 2.00. The zero-order valence-electron chi connectivity index (χ0n) is 16.0. The van der Waals surface area contributed by atoms with Gasteiger partial charge in [-0.1, -0.05) is 39.0 Å². The molecule has 0 N–H and O–H groups in total. The van der Waals surface area contributed by atoms with Crippen LogP contribution in [0.25, 0.3) is 0 Å². The Hall–Kier alpha value is -1.89. The summed E-state index contributed by atoms with van der Waals surface area (Å²) >= 11 is 0. The second-order valence-corrected chi connectivity index (χ2v) is 7.90. The van der Waals surface area contributed by atoms with E-state index in [0.717, 1.165) is 19.8 Å². The van der Waals surface area contributed by atoms with E-state index in [0.29, 0.717) is 28.9 Å². The minimum Gasteiger partial charge on any atom is -0.458 e. The van der Waals surface area contributed by atoms with Crippen LogP contribution in [-0.2, 0) is 4.74 Å². The van der Waals surface area contributed by atoms with Crippen LogP contribution in [-0.4, -0.2) is 18.0 Å². The maximum atomic E-state index is 12.8. The summed E-state index contributed by atoms with van der Waals surface area (Å²) in [4.78, 5) is 12.5. The molecule has 1 aliphatic carbocycles. The van der Waals surface area contributed by atoms with Crippen LogP contribution in [0.4, 0.5) is 8.78 Å². The van der Waals surface area contributed by atoms with Gasteiger partial charge in [0.05, 0.1) is 12.0 Å². The van der Waals surface area contributed by atoms with Crippen molar-refractivity contribution in [2.24, 2.45) is 17.8 Å². The summed E-state index contributed by atoms with van der Waals surface area (Å²) in [5, 5.41) is 0. The number of hydrogen-bond acceptors (Lipinski definition) is 2. The van der Waals surface area contributed by atoms with Crippen molar-refractivity contribution < 1.29 is 18.3 Å². The molecule has 1 aromatic rings. The molecular formula is C22H28F2O2. The van der Waals surface area contributed by atoms with E-state index >= 15 is 0 Å². The maximum absolute atomic E-state index is 12.8. The highest BCUT2D eigenvalue weighted by atomic mass is 19.3. The van der Waals surface area contributed by atoms with Gasteiger partial charge in [-0.25, -0.2) is 13.6 Å². The summed E-state index contributed by atoms with van der Waals surface area (Å²) in [6.45, 7) is 7.39. The quantitative estimate of drug-likeness (QED) is 0.507. The molecular weight excluding hydrogens is 334 g/mol. The van der Waals surface area contributed by atoms with Crippen molar-refractivity contribution in [2.45, 2.75) is 65.4 Å². The summed E-state index contributed by atoms with van der Waals surface area (Å²) < 4.78 is 31.4. The molecule has 1 aromatic carbocycles. The smallest absolute Gasteiger partial charge is 0.338 e. The first-order chi connectivity index (χ1) is 12.2. The Morgan fingerprint density at radius 3 is 2.50 bits per heavy atom. The molecule has 1 saturated carbocycles. The zero-order valence-corrected chi connectivity index (χ0v) is 16.0. The molecule has 142 valence electrons. The molecule has 3 atom stereocenters. The minimum absolute atomic E-state index is 0.0440. The molecule has 4 heteroatoms. The molecule has 0 bridgehead atoms. The number of carbonyl (C=O) groups excluding carboxylic acids is 1. The van der Waals surface area contributed by atoms with E-state index in [1.807, 2.05) is 0 Å². The van der Waals surface area contributed by atoms with E-state index in [4.69, 9.17) is 4.74 Å². The van der Waals surface area contributed by atoms with E-state index in [-0.39, 0.29) is 12.1 Å². The fourth-order valence-corrected chi connectivity index (χ4v) is 3.45. The van der Waals surface area contributed by atoms with E-state index in [2.05, 4.69) is 32.6 Å². The molecule has 2 rings (SSSR count). The molecule has 0 saturated heterocycles. The van der Waals surface area contributed by atoms with E-state index in [9.17, 15) is 13.6 Å². The van der Waals surface area contributed by atoms with Crippen LogP contribution in [0.3, 0.4) is 0 Å². The normalized spacial score (nSPS) is 23.3. The summed E-state index contributed by atoms with van der Waals surface area (Å²) in [6, 6.07) is 6.63. The summed E-state index contributed by atoms with van der Waals surface area (Å²) in [5.74, 6) is 3.49. The number of ether oxygens (including phenoxy) is 1. The third-order valence-corrected chi connectivity index (χ3v) is 4.97. The third-order valence-electron chi connectivity index (χ3n) is 4.97. The maximum Gasteiger partial charge on any atom is 0.338 e. The molecule has 1 fully saturated rings. The zero-order chi connectivity index (χ0) is 19.3. The number of hydrogen-bond donors (Lipinski definition) is 0. The Morgan fingerprint density at radius 2 is 1.92 bits per heavy atom. The van der Waals surface area contributed by atoms with Gasteiger partial charge >= 0.3 is 5.97 Å². The van der Waals surface area contributed by atoms with Crippen LogP contribution in [0, 0.1) is 29.6 Å². The number of rotatable bonds is 4. The number of benzene rings is 1. The van der Waals surface area contributed by atoms with Crippen molar-refractivity contribution >= 4 is 5.97 Å². The first kappa shape index (κ1) is 20.4. The predicted molar refractivity (Wildman–Crippen MR) is 99.1 cm³/mol. The second-order valence-electron chi connectivity index (χ2n) is 7.90. The SMILES string of the molecule is CC(C)[C@@H]1CC[C@@H](C)C[C@H]1OC(=O)c1ccc(C#CCC(C)(F)F)cc1. The van der Waals surface area contributed by atoms with Gasteiger partial charge < -0.3 is 4.74 Å². The number of halogens is 2. The van der Waals surface area contributed by atoms with Crippen molar-refractivity contribution in [3.8, 4) is 11.8 Å². The lowest BCUT2D eigenvalue weighted by molar-refractivity contribution is -0.0174. The van der Waals surface area contributed by atoms with Crippen LogP contribution in [0.15, 0.2) is 24.3 Å². The van der Waals surface area contributed by atoms with Gasteiger partial charge in [-0.2, -0.15) is 0 Å². The number of carbonyl (C=O) groups is 1. The molecule has 0 unspecified atom stereocenters. The molecule has 0 amide bonds. The first-order valence-electron chi connectivity index (χ1n) is 9.33. The lowest BCUT2D eigenvalue weighted by Crippen LogP contribution is -2.35. The summed E-state index contributed by atoms with van der Waals surface area (Å²) in [6.07, 6.45) is 2.66. The average molecular weight is 362 g/mol. The lowest BCUT2D eigenvalue weighted by atomic mass is 9.75. The van der Waals surface area contributed by atoms with Gasteiger partial charge in [0.2, 0.25) is 0 Å². The predicted octanol–water partition coefficient (Wildman–Crippen LogP) is 5.70. The average Bonchev–Trinajstić information content (AvgIpc) is 2.54. The van der Waals surface area contributed by atoms with Gasteiger partial charge in [0.1, 0.15) is 6.10 Å². The molecule has 0 heterocycles. The fourth-order valence-electron chi connectivity index (χ4n) is 3.45. The molecule has 0 radical (unpaired) electrons. The van der Waals surface area contributed by atoms with Crippen molar-refractivity contribution in [3.05, 3.63) is 35.4 Å². The standard InChI is InChI=1S/C22H28F2O2/c1-15(2)19-12-7-16(3)14-20(19)26-21(25)18-10-8-17(9-11-18)6-5-13-22(4,23)24/h8-11,15-16,19-20H,7,12-14H2,1-4H3/t16-,19+,20-/m1/s1. The van der Waals surface area contributed by atoms with Crippen molar-refractivity contribution in [1.82, 2.24) is 0 Å². The largest absolute Gasteiger partial charge is 0.458 e. The van der Waals surface area contributed by atoms with Crippen LogP contribution in [0.5, 0.6) is 0 Å². The van der Waals surface area contributed by atoms with Crippen molar-refractivity contribution in [2.75, 3.05) is 0 Å². The number of alkyl halides is 2. The topological polar surface area (TPSA) is 26.3 Å². The van der Waals surface area contributed by atoms with Gasteiger partial charge in [-0.15, -0.1) is 0 Å². The van der Waals surface area contributed by atoms with Crippen LogP contribution >= 0.6 is 0 Å². The van der Waals surface area contributed by atoms with Crippen LogP contribution in [0.1, 0.15) is 69.3 Å². The second kappa shape index (κ2) is 8.66. The Morgan fingerprint density at radius 1 is 1.27 bits per heavy atom. The van der Waals surface area contributed by atoms with Gasteiger partial charge in [-0.05, 0) is 54.9 Å². The van der Waals surface area contributed by atoms with Gasteiger partial charge in [0.15, 0.2) is 0 Å². The minimum atomic E-state index is -2.79. The van der Waals surface area contributed by atoms with Gasteiger partial charge in [0.25, 0.3) is 5.92 Å². The van der Waals surface area contributed by atoms with Crippen LogP contribution in [0.2, 0.25) is 0 Å². The van der Waals surface area contributed by atoms with Crippen molar-refractivity contribution in [3.63, 3.8) is 0 Å². The Bertz CT molecular complexity index is 662. The van der Waals surface area contributed by atoms with E-state index in [1.54, 1.807) is 24.3 Å². The highest BCUT2D eigenvalue weighted by molar-refractivity contribution is 5.89. The monoisotopic (exact) mass is 362 g/mol. The highest BCUT2D eigenvalue weighted by Gasteiger charge is 2.33.